The van der Waals surface area contributed by atoms with Gasteiger partial charge in [-0.25, -0.2) is 18.5 Å². The van der Waals surface area contributed by atoms with Crippen molar-refractivity contribution < 1.29 is 13.2 Å². The monoisotopic (exact) mass is 292 g/mol. The van der Waals surface area contributed by atoms with Gasteiger partial charge in [0, 0.05) is 13.1 Å². The standard InChI is InChI=1S/C9H16N4O3S2/c1-3-11-7(14)6-13(4-2)9-12-5-8(17-9)18(10,15)16/h5H,3-4,6H2,1-2H3,(H,11,14)(H2,10,15,16). The van der Waals surface area contributed by atoms with Crippen LogP contribution < -0.4 is 15.4 Å². The van der Waals surface area contributed by atoms with Crippen LogP contribution in [0.5, 0.6) is 0 Å². The van der Waals surface area contributed by atoms with Gasteiger partial charge in [0.2, 0.25) is 15.9 Å². The first-order valence-electron chi connectivity index (χ1n) is 5.38. The van der Waals surface area contributed by atoms with Crippen LogP contribution in [0.3, 0.4) is 0 Å². The number of aromatic nitrogens is 1. The molecule has 0 aliphatic rings. The van der Waals surface area contributed by atoms with Gasteiger partial charge in [-0.3, -0.25) is 4.79 Å². The molecular weight excluding hydrogens is 276 g/mol. The Balaban J connectivity index is 2.83. The fourth-order valence-corrected chi connectivity index (χ4v) is 2.87. The van der Waals surface area contributed by atoms with Gasteiger partial charge in [-0.15, -0.1) is 0 Å². The first kappa shape index (κ1) is 14.9. The van der Waals surface area contributed by atoms with Crippen LogP contribution in [0, 0.1) is 0 Å². The van der Waals surface area contributed by atoms with Gasteiger partial charge >= 0.3 is 0 Å². The number of nitrogens with two attached hydrogens (primary N) is 1. The van der Waals surface area contributed by atoms with Crippen LogP contribution in [0.1, 0.15) is 13.8 Å². The predicted octanol–water partition coefficient (Wildman–Crippen LogP) is -0.247. The maximum Gasteiger partial charge on any atom is 0.249 e. The second kappa shape index (κ2) is 6.12. The molecule has 7 nitrogen and oxygen atoms in total. The molecule has 1 aromatic rings. The lowest BCUT2D eigenvalue weighted by Crippen LogP contribution is -2.37. The summed E-state index contributed by atoms with van der Waals surface area (Å²) < 4.78 is 22.3. The fraction of sp³-hybridized carbons (Fsp3) is 0.556. The molecule has 18 heavy (non-hydrogen) atoms. The van der Waals surface area contributed by atoms with E-state index in [1.54, 1.807) is 4.90 Å². The van der Waals surface area contributed by atoms with Crippen LogP contribution >= 0.6 is 11.3 Å². The minimum absolute atomic E-state index is 0.00755. The lowest BCUT2D eigenvalue weighted by atomic mass is 10.5. The summed E-state index contributed by atoms with van der Waals surface area (Å²) in [6, 6.07) is 0. The van der Waals surface area contributed by atoms with E-state index in [0.29, 0.717) is 18.2 Å². The van der Waals surface area contributed by atoms with Crippen molar-refractivity contribution in [3.63, 3.8) is 0 Å². The summed E-state index contributed by atoms with van der Waals surface area (Å²) in [6.45, 7) is 4.93. The van der Waals surface area contributed by atoms with Gasteiger partial charge in [-0.2, -0.15) is 0 Å². The zero-order chi connectivity index (χ0) is 13.8. The zero-order valence-electron chi connectivity index (χ0n) is 10.2. The number of sulfonamides is 1. The highest BCUT2D eigenvalue weighted by Crippen LogP contribution is 2.24. The Kier molecular flexibility index (Phi) is 5.05. The second-order valence-electron chi connectivity index (χ2n) is 3.47. The van der Waals surface area contributed by atoms with Crippen molar-refractivity contribution in [2.75, 3.05) is 24.5 Å². The molecule has 0 aliphatic heterocycles. The predicted molar refractivity (Wildman–Crippen MR) is 70.1 cm³/mol. The number of carbonyl (C=O) groups is 1. The molecule has 0 bridgehead atoms. The first-order chi connectivity index (χ1) is 8.38. The highest BCUT2D eigenvalue weighted by atomic mass is 32.2. The van der Waals surface area contributed by atoms with E-state index in [0.717, 1.165) is 11.3 Å². The van der Waals surface area contributed by atoms with Crippen molar-refractivity contribution in [1.82, 2.24) is 10.3 Å². The van der Waals surface area contributed by atoms with Crippen LogP contribution in [0.25, 0.3) is 0 Å². The third kappa shape index (κ3) is 3.93. The molecule has 1 aromatic heterocycles. The molecule has 0 saturated heterocycles. The molecule has 1 amide bonds. The number of thiazole rings is 1. The summed E-state index contributed by atoms with van der Waals surface area (Å²) in [5, 5.41) is 8.14. The molecule has 0 spiro atoms. The Hall–Kier alpha value is -1.19. The topological polar surface area (TPSA) is 105 Å². The first-order valence-corrected chi connectivity index (χ1v) is 7.75. The van der Waals surface area contributed by atoms with Crippen molar-refractivity contribution in [3.05, 3.63) is 6.20 Å². The van der Waals surface area contributed by atoms with E-state index in [-0.39, 0.29) is 16.7 Å². The number of amides is 1. The maximum absolute atomic E-state index is 11.5. The highest BCUT2D eigenvalue weighted by Gasteiger charge is 2.17. The number of rotatable bonds is 6. The Bertz CT molecular complexity index is 512. The summed E-state index contributed by atoms with van der Waals surface area (Å²) in [5.41, 5.74) is 0. The molecule has 3 N–H and O–H groups in total. The van der Waals surface area contributed by atoms with Gasteiger partial charge < -0.3 is 10.2 Å². The summed E-state index contributed by atoms with van der Waals surface area (Å²) in [6.07, 6.45) is 1.20. The lowest BCUT2D eigenvalue weighted by molar-refractivity contribution is -0.119. The number of nitrogens with zero attached hydrogens (tertiary/aromatic N) is 2. The van der Waals surface area contributed by atoms with Gasteiger partial charge in [-0.05, 0) is 13.8 Å². The minimum Gasteiger partial charge on any atom is -0.355 e. The SMILES string of the molecule is CCNC(=O)CN(CC)c1ncc(S(N)(=O)=O)s1. The quantitative estimate of drug-likeness (QED) is 0.752. The minimum atomic E-state index is -3.73. The average molecular weight is 292 g/mol. The third-order valence-electron chi connectivity index (χ3n) is 2.11. The fourth-order valence-electron chi connectivity index (χ4n) is 1.27. The van der Waals surface area contributed by atoms with Crippen molar-refractivity contribution >= 4 is 32.4 Å². The van der Waals surface area contributed by atoms with Crippen LogP contribution in [-0.2, 0) is 14.8 Å². The van der Waals surface area contributed by atoms with E-state index in [4.69, 9.17) is 5.14 Å². The van der Waals surface area contributed by atoms with Gasteiger partial charge in [0.05, 0.1) is 12.7 Å². The van der Waals surface area contributed by atoms with Crippen molar-refractivity contribution in [2.24, 2.45) is 5.14 Å². The smallest absolute Gasteiger partial charge is 0.249 e. The van der Waals surface area contributed by atoms with Crippen molar-refractivity contribution in [1.29, 1.82) is 0 Å². The number of carbonyl (C=O) groups excluding carboxylic acids is 1. The summed E-state index contributed by atoms with van der Waals surface area (Å²) in [7, 11) is -3.73. The summed E-state index contributed by atoms with van der Waals surface area (Å²) >= 11 is 0.954. The molecule has 0 radical (unpaired) electrons. The van der Waals surface area contributed by atoms with E-state index in [9.17, 15) is 13.2 Å². The molecule has 0 unspecified atom stereocenters. The summed E-state index contributed by atoms with van der Waals surface area (Å²) in [4.78, 5) is 17.1. The van der Waals surface area contributed by atoms with E-state index >= 15 is 0 Å². The van der Waals surface area contributed by atoms with Crippen molar-refractivity contribution in [2.45, 2.75) is 18.1 Å². The molecule has 1 heterocycles. The van der Waals surface area contributed by atoms with Gasteiger partial charge in [0.1, 0.15) is 0 Å². The normalized spacial score (nSPS) is 11.3. The molecule has 0 aliphatic carbocycles. The molecule has 0 atom stereocenters. The van der Waals surface area contributed by atoms with Crippen LogP contribution in [0.2, 0.25) is 0 Å². The molecule has 0 fully saturated rings. The Labute approximate surface area is 110 Å². The van der Waals surface area contributed by atoms with Crippen LogP contribution in [-0.4, -0.2) is 38.9 Å². The number of hydrogen-bond acceptors (Lipinski definition) is 6. The number of anilines is 1. The Morgan fingerprint density at radius 3 is 2.67 bits per heavy atom. The molecular formula is C9H16N4O3S2. The van der Waals surface area contributed by atoms with Gasteiger partial charge in [0.15, 0.2) is 9.34 Å². The number of hydrogen-bond donors (Lipinski definition) is 2. The largest absolute Gasteiger partial charge is 0.355 e. The summed E-state index contributed by atoms with van der Waals surface area (Å²) in [5.74, 6) is -0.133. The number of nitrogens with one attached hydrogen (secondary N) is 1. The number of primary sulfonamides is 1. The average Bonchev–Trinajstić information content (AvgIpc) is 2.75. The maximum atomic E-state index is 11.5. The van der Waals surface area contributed by atoms with Gasteiger partial charge in [0.25, 0.3) is 0 Å². The zero-order valence-corrected chi connectivity index (χ0v) is 11.8. The van der Waals surface area contributed by atoms with E-state index in [1.807, 2.05) is 13.8 Å². The van der Waals surface area contributed by atoms with Gasteiger partial charge in [-0.1, -0.05) is 11.3 Å². The molecule has 0 aromatic carbocycles. The third-order valence-corrected chi connectivity index (χ3v) is 4.58. The molecule has 9 heteroatoms. The van der Waals surface area contributed by atoms with Crippen molar-refractivity contribution in [3.8, 4) is 0 Å². The second-order valence-corrected chi connectivity index (χ2v) is 6.27. The van der Waals surface area contributed by atoms with E-state index in [2.05, 4.69) is 10.3 Å². The molecule has 1 rings (SSSR count). The Morgan fingerprint density at radius 1 is 1.56 bits per heavy atom. The van der Waals surface area contributed by atoms with Crippen LogP contribution in [0.15, 0.2) is 10.4 Å². The number of likely N-dealkylation sites (N-methyl/N-ethyl adjacent to an activating group) is 2. The van der Waals surface area contributed by atoms with E-state index in [1.165, 1.54) is 6.20 Å². The lowest BCUT2D eigenvalue weighted by Gasteiger charge is -2.18. The highest BCUT2D eigenvalue weighted by molar-refractivity contribution is 7.91. The van der Waals surface area contributed by atoms with Crippen LogP contribution in [0.4, 0.5) is 5.13 Å². The molecule has 0 saturated carbocycles. The van der Waals surface area contributed by atoms with E-state index < -0.39 is 10.0 Å². The Morgan fingerprint density at radius 2 is 2.22 bits per heavy atom. The molecule has 102 valence electrons.